The van der Waals surface area contributed by atoms with E-state index in [-0.39, 0.29) is 29.2 Å². The summed E-state index contributed by atoms with van der Waals surface area (Å²) in [5, 5.41) is 81.6. The van der Waals surface area contributed by atoms with Gasteiger partial charge >= 0.3 is 0 Å². The third-order valence-corrected chi connectivity index (χ3v) is 7.42. The SMILES string of the molecule is C[C@@H]1OC(O[C@H]2[C@@H](Oc3cc(O)c4c(c3)O[C@H](c3ccc(O)cc3)CC4=O)O[C@H](CO)[C@@H](O)[C@@H]2O)[C@H](O)[C@H](O)[C@H]1O. The highest BCUT2D eigenvalue weighted by molar-refractivity contribution is 6.02. The van der Waals surface area contributed by atoms with Gasteiger partial charge in [-0.3, -0.25) is 4.79 Å². The molecular weight excluding hydrogens is 548 g/mol. The molecule has 2 fully saturated rings. The Morgan fingerprint density at radius 1 is 0.878 bits per heavy atom. The number of phenols is 2. The van der Waals surface area contributed by atoms with Crippen molar-refractivity contribution in [3.8, 4) is 23.0 Å². The molecule has 14 heteroatoms. The fourth-order valence-electron chi connectivity index (χ4n) is 5.07. The van der Waals surface area contributed by atoms with Crippen molar-refractivity contribution in [2.75, 3.05) is 6.61 Å². The standard InChI is InChI=1S/C27H32O14/c1-10-20(32)22(34)24(36)26(37-10)41-25-23(35)21(33)18(9-28)40-27(25)38-13-6-14(30)19-15(31)8-16(39-17(19)7-13)11-2-4-12(29)5-3-11/h2-7,10,16,18,20-30,32-36H,8-9H2,1H3/t10-,16-,18+,20-,21+,22+,23-,24+,25+,26?,27-/m0/s1. The van der Waals surface area contributed by atoms with Crippen molar-refractivity contribution < 1.29 is 69.3 Å². The molecule has 8 N–H and O–H groups in total. The highest BCUT2D eigenvalue weighted by atomic mass is 16.8. The first-order chi connectivity index (χ1) is 19.5. The monoisotopic (exact) mass is 580 g/mol. The van der Waals surface area contributed by atoms with Crippen molar-refractivity contribution in [1.29, 1.82) is 0 Å². The van der Waals surface area contributed by atoms with Crippen molar-refractivity contribution in [3.05, 3.63) is 47.5 Å². The Hall–Kier alpha value is -3.05. The average molecular weight is 581 g/mol. The van der Waals surface area contributed by atoms with Gasteiger partial charge in [-0.2, -0.15) is 0 Å². The van der Waals surface area contributed by atoms with Crippen LogP contribution in [0.2, 0.25) is 0 Å². The van der Waals surface area contributed by atoms with Crippen LogP contribution in [0.15, 0.2) is 36.4 Å². The van der Waals surface area contributed by atoms with E-state index in [1.165, 1.54) is 25.1 Å². The Balaban J connectivity index is 1.41. The van der Waals surface area contributed by atoms with Gasteiger partial charge in [0.15, 0.2) is 18.2 Å². The van der Waals surface area contributed by atoms with Gasteiger partial charge in [-0.05, 0) is 24.6 Å². The number of ether oxygens (including phenoxy) is 5. The number of aromatic hydroxyl groups is 2. The van der Waals surface area contributed by atoms with Crippen LogP contribution in [0, 0.1) is 0 Å². The van der Waals surface area contributed by atoms with Crippen LogP contribution >= 0.6 is 0 Å². The van der Waals surface area contributed by atoms with Crippen LogP contribution in [0.5, 0.6) is 23.0 Å². The predicted octanol–water partition coefficient (Wildman–Crippen LogP) is -1.17. The van der Waals surface area contributed by atoms with Gasteiger partial charge in [-0.1, -0.05) is 12.1 Å². The first-order valence-electron chi connectivity index (χ1n) is 13.0. The molecule has 11 atom stereocenters. The molecule has 3 aliphatic rings. The third kappa shape index (κ3) is 5.70. The number of carbonyl (C=O) groups excluding carboxylic acids is 1. The maximum Gasteiger partial charge on any atom is 0.229 e. The lowest BCUT2D eigenvalue weighted by molar-refractivity contribution is -0.354. The van der Waals surface area contributed by atoms with Crippen LogP contribution in [0.25, 0.3) is 0 Å². The van der Waals surface area contributed by atoms with E-state index in [0.717, 1.165) is 6.07 Å². The van der Waals surface area contributed by atoms with Gasteiger partial charge in [-0.15, -0.1) is 0 Å². The lowest BCUT2D eigenvalue weighted by Gasteiger charge is -2.45. The zero-order chi connectivity index (χ0) is 29.6. The van der Waals surface area contributed by atoms with Crippen molar-refractivity contribution in [2.45, 2.75) is 80.9 Å². The summed E-state index contributed by atoms with van der Waals surface area (Å²) in [5.41, 5.74) is 0.529. The molecule has 5 rings (SSSR count). The quantitative estimate of drug-likeness (QED) is 0.202. The second kappa shape index (κ2) is 11.7. The van der Waals surface area contributed by atoms with Gasteiger partial charge in [0, 0.05) is 12.1 Å². The average Bonchev–Trinajstić information content (AvgIpc) is 2.94. The second-order valence-electron chi connectivity index (χ2n) is 10.2. The molecule has 224 valence electrons. The molecule has 1 unspecified atom stereocenters. The zero-order valence-corrected chi connectivity index (χ0v) is 21.8. The molecule has 0 aromatic heterocycles. The zero-order valence-electron chi connectivity index (χ0n) is 21.8. The maximum atomic E-state index is 12.9. The first kappa shape index (κ1) is 29.4. The number of ketones is 1. The summed E-state index contributed by atoms with van der Waals surface area (Å²) in [6.45, 7) is 0.716. The fourth-order valence-corrected chi connectivity index (χ4v) is 5.07. The van der Waals surface area contributed by atoms with Crippen LogP contribution in [-0.2, 0) is 14.2 Å². The Morgan fingerprint density at radius 3 is 2.27 bits per heavy atom. The van der Waals surface area contributed by atoms with E-state index < -0.39 is 85.7 Å². The topological polar surface area (TPSA) is 225 Å². The number of Topliss-reactive ketones (excluding diaryl/α,β-unsaturated/α-hetero) is 1. The van der Waals surface area contributed by atoms with Crippen molar-refractivity contribution in [1.82, 2.24) is 0 Å². The van der Waals surface area contributed by atoms with Crippen molar-refractivity contribution >= 4 is 5.78 Å². The van der Waals surface area contributed by atoms with E-state index in [1.54, 1.807) is 12.1 Å². The van der Waals surface area contributed by atoms with Crippen LogP contribution in [0.4, 0.5) is 0 Å². The summed E-state index contributed by atoms with van der Waals surface area (Å²) in [5.74, 6) is -0.947. The highest BCUT2D eigenvalue weighted by Crippen LogP contribution is 2.43. The molecule has 0 radical (unpaired) electrons. The first-order valence-corrected chi connectivity index (χ1v) is 13.0. The number of fused-ring (bicyclic) bond motifs is 1. The minimum absolute atomic E-state index is 0.0149. The van der Waals surface area contributed by atoms with Gasteiger partial charge in [0.1, 0.15) is 71.3 Å². The lowest BCUT2D eigenvalue weighted by Crippen LogP contribution is -2.64. The number of rotatable bonds is 6. The molecule has 2 saturated heterocycles. The van der Waals surface area contributed by atoms with Crippen molar-refractivity contribution in [3.63, 3.8) is 0 Å². The minimum Gasteiger partial charge on any atom is -0.508 e. The highest BCUT2D eigenvalue weighted by Gasteiger charge is 2.51. The molecule has 2 aromatic rings. The van der Waals surface area contributed by atoms with E-state index >= 15 is 0 Å². The number of phenolic OH excluding ortho intramolecular Hbond substituents is 2. The number of hydrogen-bond donors (Lipinski definition) is 8. The fraction of sp³-hybridized carbons (Fsp3) is 0.519. The van der Waals surface area contributed by atoms with Gasteiger partial charge in [0.05, 0.1) is 19.1 Å². The van der Waals surface area contributed by atoms with E-state index in [2.05, 4.69) is 0 Å². The van der Waals surface area contributed by atoms with Gasteiger partial charge in [0.2, 0.25) is 6.29 Å². The molecule has 0 bridgehead atoms. The van der Waals surface area contributed by atoms with E-state index in [9.17, 15) is 45.6 Å². The molecule has 0 saturated carbocycles. The van der Waals surface area contributed by atoms with Crippen LogP contribution < -0.4 is 9.47 Å². The van der Waals surface area contributed by atoms with Gasteiger partial charge < -0.3 is 64.5 Å². The van der Waals surface area contributed by atoms with Crippen LogP contribution in [0.3, 0.4) is 0 Å². The molecule has 3 heterocycles. The van der Waals surface area contributed by atoms with E-state index in [4.69, 9.17) is 23.7 Å². The molecule has 2 aromatic carbocycles. The Kier molecular flexibility index (Phi) is 8.39. The summed E-state index contributed by atoms with van der Waals surface area (Å²) < 4.78 is 28.6. The third-order valence-electron chi connectivity index (χ3n) is 7.42. The molecule has 0 aliphatic carbocycles. The molecule has 0 spiro atoms. The summed E-state index contributed by atoms with van der Waals surface area (Å²) in [6, 6.07) is 8.50. The summed E-state index contributed by atoms with van der Waals surface area (Å²) in [4.78, 5) is 12.9. The molecule has 41 heavy (non-hydrogen) atoms. The number of carbonyl (C=O) groups is 1. The molecule has 0 amide bonds. The number of aliphatic hydroxyl groups excluding tert-OH is 6. The Morgan fingerprint density at radius 2 is 1.59 bits per heavy atom. The summed E-state index contributed by atoms with van der Waals surface area (Å²) >= 11 is 0. The van der Waals surface area contributed by atoms with E-state index in [0.29, 0.717) is 5.56 Å². The molecule has 3 aliphatic heterocycles. The van der Waals surface area contributed by atoms with Crippen LogP contribution in [0.1, 0.15) is 35.4 Å². The largest absolute Gasteiger partial charge is 0.508 e. The predicted molar refractivity (Wildman–Crippen MR) is 134 cm³/mol. The van der Waals surface area contributed by atoms with Gasteiger partial charge in [0.25, 0.3) is 0 Å². The van der Waals surface area contributed by atoms with Crippen LogP contribution in [-0.4, -0.2) is 115 Å². The number of aliphatic hydroxyl groups is 6. The summed E-state index contributed by atoms with van der Waals surface area (Å²) in [7, 11) is 0. The molecular formula is C27H32O14. The van der Waals surface area contributed by atoms with Gasteiger partial charge in [-0.25, -0.2) is 0 Å². The Bertz CT molecular complexity index is 1240. The maximum absolute atomic E-state index is 12.9. The minimum atomic E-state index is -1.75. The normalized spacial score (nSPS) is 37.2. The summed E-state index contributed by atoms with van der Waals surface area (Å²) in [6.07, 6.45) is -16.0. The lowest BCUT2D eigenvalue weighted by atomic mass is 9.95. The smallest absolute Gasteiger partial charge is 0.229 e. The Labute approximate surface area is 233 Å². The second-order valence-corrected chi connectivity index (χ2v) is 10.2. The molecule has 14 nitrogen and oxygen atoms in total. The number of hydrogen-bond acceptors (Lipinski definition) is 14. The van der Waals surface area contributed by atoms with E-state index in [1.807, 2.05) is 0 Å². The number of benzene rings is 2. The van der Waals surface area contributed by atoms with Crippen molar-refractivity contribution in [2.24, 2.45) is 0 Å².